The van der Waals surface area contributed by atoms with Crippen molar-refractivity contribution in [3.8, 4) is 11.5 Å². The molecule has 0 saturated heterocycles. The highest BCUT2D eigenvalue weighted by Gasteiger charge is 2.36. The van der Waals surface area contributed by atoms with E-state index in [0.29, 0.717) is 23.4 Å². The van der Waals surface area contributed by atoms with Gasteiger partial charge in [0.25, 0.3) is 5.91 Å². The molecule has 9 heteroatoms. The summed E-state index contributed by atoms with van der Waals surface area (Å²) in [6.07, 6.45) is 5.77. The third kappa shape index (κ3) is 5.62. The molecule has 186 valence electrons. The predicted molar refractivity (Wildman–Crippen MR) is 146 cm³/mol. The lowest BCUT2D eigenvalue weighted by Crippen LogP contribution is -2.35. The number of nitrogens with one attached hydrogen (secondary N) is 1. The molecule has 1 N–H and O–H groups in total. The molecule has 37 heavy (non-hydrogen) atoms. The highest BCUT2D eigenvalue weighted by atomic mass is 32.2. The highest BCUT2D eigenvalue weighted by Crippen LogP contribution is 2.30. The van der Waals surface area contributed by atoms with Gasteiger partial charge in [0.15, 0.2) is 5.84 Å². The van der Waals surface area contributed by atoms with Crippen molar-refractivity contribution < 1.29 is 14.3 Å². The fraction of sp³-hybridized carbons (Fsp3) is 0.179. The number of carbonyl (C=O) groups is 1. The molecule has 2 aromatic carbocycles. The summed E-state index contributed by atoms with van der Waals surface area (Å²) in [4.78, 5) is 20.9. The third-order valence-corrected chi connectivity index (χ3v) is 6.67. The molecule has 0 spiro atoms. The van der Waals surface area contributed by atoms with Crippen molar-refractivity contribution in [2.45, 2.75) is 20.3 Å². The molecular formula is C28H25N5O3S. The number of aromatic nitrogens is 1. The zero-order chi connectivity index (χ0) is 25.8. The lowest BCUT2D eigenvalue weighted by molar-refractivity contribution is -0.114. The van der Waals surface area contributed by atoms with Crippen LogP contribution in [0.25, 0.3) is 6.08 Å². The molecule has 0 bridgehead atoms. The first-order valence-electron chi connectivity index (χ1n) is 11.8. The van der Waals surface area contributed by atoms with Crippen molar-refractivity contribution >= 4 is 39.8 Å². The minimum absolute atomic E-state index is 0.00874. The van der Waals surface area contributed by atoms with Crippen LogP contribution in [0.3, 0.4) is 0 Å². The van der Waals surface area contributed by atoms with Crippen LogP contribution >= 0.6 is 11.8 Å². The summed E-state index contributed by atoms with van der Waals surface area (Å²) in [6.45, 7) is 5.18. The van der Waals surface area contributed by atoms with E-state index in [1.54, 1.807) is 18.5 Å². The number of nitrogens with zero attached hydrogens (tertiary/aromatic N) is 4. The third-order valence-electron chi connectivity index (χ3n) is 5.71. The number of thioether (sulfide) groups is 1. The van der Waals surface area contributed by atoms with Gasteiger partial charge in [-0.2, -0.15) is 15.1 Å². The quantitative estimate of drug-likeness (QED) is 0.329. The summed E-state index contributed by atoms with van der Waals surface area (Å²) in [5.41, 5.74) is 4.04. The van der Waals surface area contributed by atoms with E-state index in [4.69, 9.17) is 14.9 Å². The monoisotopic (exact) mass is 511 g/mol. The zero-order valence-corrected chi connectivity index (χ0v) is 21.3. The number of carbonyl (C=O) groups excluding carboxylic acids is 1. The number of hydrogen-bond acceptors (Lipinski definition) is 7. The Labute approximate surface area is 219 Å². The molecule has 0 fully saturated rings. The number of rotatable bonds is 8. The van der Waals surface area contributed by atoms with E-state index in [-0.39, 0.29) is 11.4 Å². The summed E-state index contributed by atoms with van der Waals surface area (Å²) in [6, 6.07) is 17.2. The van der Waals surface area contributed by atoms with Crippen LogP contribution in [0.15, 0.2) is 82.7 Å². The van der Waals surface area contributed by atoms with E-state index in [1.807, 2.05) is 56.3 Å². The summed E-state index contributed by atoms with van der Waals surface area (Å²) in [5.74, 6) is 1.16. The lowest BCUT2D eigenvalue weighted by Gasteiger charge is -2.20. The van der Waals surface area contributed by atoms with Gasteiger partial charge in [0, 0.05) is 24.4 Å². The molecule has 2 aliphatic rings. The van der Waals surface area contributed by atoms with E-state index in [0.717, 1.165) is 34.6 Å². The number of aliphatic imine (C=N–C) groups is 1. The van der Waals surface area contributed by atoms with Crippen LogP contribution in [-0.2, 0) is 4.79 Å². The molecule has 1 amide bonds. The van der Waals surface area contributed by atoms with Crippen molar-refractivity contribution in [2.24, 2.45) is 10.1 Å². The van der Waals surface area contributed by atoms with Gasteiger partial charge in [-0.25, -0.2) is 0 Å². The molecule has 3 heterocycles. The van der Waals surface area contributed by atoms with Crippen molar-refractivity contribution in [2.75, 3.05) is 13.2 Å². The van der Waals surface area contributed by atoms with Crippen LogP contribution in [0, 0.1) is 19.3 Å². The minimum Gasteiger partial charge on any atom is -0.493 e. The molecule has 0 atom stereocenters. The summed E-state index contributed by atoms with van der Waals surface area (Å²) in [5, 5.41) is 15.4. The normalized spacial score (nSPS) is 15.9. The standard InChI is InChI=1S/C28H25N5O3S/c1-18-6-7-19(2)24(15-18)36-14-4-13-35-22-10-8-20(9-11-22)16-23-25(29)33-28(31-26(23)34)37-27(32-33)21-5-3-12-30-17-21/h3,5-12,15-17,29H,4,13-14H2,1-2H3/b23-16-,29-25?. The van der Waals surface area contributed by atoms with E-state index in [1.165, 1.54) is 22.3 Å². The molecule has 2 aliphatic heterocycles. The minimum atomic E-state index is -0.462. The highest BCUT2D eigenvalue weighted by molar-refractivity contribution is 8.27. The Morgan fingerprint density at radius 1 is 1.05 bits per heavy atom. The van der Waals surface area contributed by atoms with Gasteiger partial charge < -0.3 is 9.47 Å². The first-order chi connectivity index (χ1) is 18.0. The number of pyridine rings is 1. The first kappa shape index (κ1) is 24.5. The molecule has 0 saturated carbocycles. The fourth-order valence-corrected chi connectivity index (χ4v) is 4.60. The average Bonchev–Trinajstić information content (AvgIpc) is 3.34. The largest absolute Gasteiger partial charge is 0.493 e. The van der Waals surface area contributed by atoms with Crippen molar-refractivity contribution in [3.05, 3.63) is 94.8 Å². The smallest absolute Gasteiger partial charge is 0.283 e. The van der Waals surface area contributed by atoms with E-state index in [2.05, 4.69) is 27.2 Å². The second-order valence-electron chi connectivity index (χ2n) is 8.56. The first-order valence-corrected chi connectivity index (χ1v) is 12.6. The molecule has 3 aromatic rings. The number of aryl methyl sites for hydroxylation is 2. The zero-order valence-electron chi connectivity index (χ0n) is 20.5. The van der Waals surface area contributed by atoms with E-state index >= 15 is 0 Å². The van der Waals surface area contributed by atoms with E-state index in [9.17, 15) is 4.79 Å². The number of amides is 1. The van der Waals surface area contributed by atoms with Gasteiger partial charge in [-0.15, -0.1) is 0 Å². The maximum Gasteiger partial charge on any atom is 0.283 e. The van der Waals surface area contributed by atoms with Crippen LogP contribution in [0.4, 0.5) is 0 Å². The van der Waals surface area contributed by atoms with Gasteiger partial charge in [-0.3, -0.25) is 15.2 Å². The maximum absolute atomic E-state index is 12.7. The number of ether oxygens (including phenoxy) is 2. The van der Waals surface area contributed by atoms with Crippen LogP contribution in [0.2, 0.25) is 0 Å². The maximum atomic E-state index is 12.7. The fourth-order valence-electron chi connectivity index (χ4n) is 3.72. The van der Waals surface area contributed by atoms with Gasteiger partial charge in [-0.1, -0.05) is 24.3 Å². The topological polar surface area (TPSA) is 100 Å². The van der Waals surface area contributed by atoms with Crippen LogP contribution in [0.5, 0.6) is 11.5 Å². The van der Waals surface area contributed by atoms with Crippen LogP contribution < -0.4 is 9.47 Å². The second kappa shape index (κ2) is 10.8. The van der Waals surface area contributed by atoms with Gasteiger partial charge in [0.2, 0.25) is 5.17 Å². The van der Waals surface area contributed by atoms with Gasteiger partial charge in [0.1, 0.15) is 16.5 Å². The summed E-state index contributed by atoms with van der Waals surface area (Å²) in [7, 11) is 0. The Kier molecular flexibility index (Phi) is 7.14. The Morgan fingerprint density at radius 2 is 1.86 bits per heavy atom. The van der Waals surface area contributed by atoms with Gasteiger partial charge in [0.05, 0.1) is 18.8 Å². The Bertz CT molecular complexity index is 1430. The number of benzene rings is 2. The number of amidine groups is 2. The van der Waals surface area contributed by atoms with Crippen molar-refractivity contribution in [1.82, 2.24) is 9.99 Å². The number of hydrogen-bond donors (Lipinski definition) is 1. The second-order valence-corrected chi connectivity index (χ2v) is 9.51. The molecule has 0 radical (unpaired) electrons. The predicted octanol–water partition coefficient (Wildman–Crippen LogP) is 5.21. The molecule has 8 nitrogen and oxygen atoms in total. The van der Waals surface area contributed by atoms with Crippen LogP contribution in [0.1, 0.15) is 28.7 Å². The number of hydrazone groups is 1. The summed E-state index contributed by atoms with van der Waals surface area (Å²) >= 11 is 1.25. The average molecular weight is 512 g/mol. The lowest BCUT2D eigenvalue weighted by atomic mass is 10.1. The Morgan fingerprint density at radius 3 is 2.65 bits per heavy atom. The SMILES string of the molecule is Cc1ccc(C)c(OCCCOc2ccc(/C=C3/C(=N)N4N=C(c5cccnc5)SC4=NC3=O)cc2)c1. The molecule has 0 aliphatic carbocycles. The number of fused-ring (bicyclic) bond motifs is 1. The summed E-state index contributed by atoms with van der Waals surface area (Å²) < 4.78 is 11.7. The van der Waals surface area contributed by atoms with Crippen LogP contribution in [-0.4, -0.2) is 45.2 Å². The molecular weight excluding hydrogens is 486 g/mol. The molecule has 5 rings (SSSR count). The molecule has 1 aromatic heterocycles. The Balaban J connectivity index is 1.18. The van der Waals surface area contributed by atoms with Gasteiger partial charge >= 0.3 is 0 Å². The Hall–Kier alpha value is -4.24. The van der Waals surface area contributed by atoms with Crippen molar-refractivity contribution in [3.63, 3.8) is 0 Å². The van der Waals surface area contributed by atoms with Crippen molar-refractivity contribution in [1.29, 1.82) is 5.41 Å². The molecule has 0 unspecified atom stereocenters. The van der Waals surface area contributed by atoms with Gasteiger partial charge in [-0.05, 0) is 78.7 Å². The van der Waals surface area contributed by atoms with E-state index < -0.39 is 5.91 Å².